The third-order valence-electron chi connectivity index (χ3n) is 3.77. The Morgan fingerprint density at radius 2 is 1.35 bits per heavy atom. The first-order valence-corrected chi connectivity index (χ1v) is 6.08. The second-order valence-corrected chi connectivity index (χ2v) is 4.93. The molecule has 2 rings (SSSR count). The molecule has 0 atom stereocenters. The van der Waals surface area contributed by atoms with Crippen LogP contribution < -0.4 is 10.4 Å². The number of carbonyl (C=O) groups is 1. The zero-order valence-electron chi connectivity index (χ0n) is 11.7. The van der Waals surface area contributed by atoms with Crippen LogP contribution in [0.3, 0.4) is 0 Å². The van der Waals surface area contributed by atoms with E-state index in [1.165, 1.54) is 6.92 Å². The predicted molar refractivity (Wildman–Crippen MR) is 78.7 cm³/mol. The van der Waals surface area contributed by atoms with Gasteiger partial charge in [0.25, 0.3) is 0 Å². The number of Topliss-reactive ketones (excluding diaryl/α,β-unsaturated/α-hetero) is 1. The second kappa shape index (κ2) is 4.27. The molecule has 0 bridgehead atoms. The van der Waals surface area contributed by atoms with Crippen LogP contribution in [0.1, 0.15) is 28.4 Å². The molecule has 0 aliphatic carbocycles. The summed E-state index contributed by atoms with van der Waals surface area (Å²) in [6, 6.07) is 0. The summed E-state index contributed by atoms with van der Waals surface area (Å²) in [4.78, 5) is 11.8. The summed E-state index contributed by atoms with van der Waals surface area (Å²) in [6.07, 6.45) is 0. The van der Waals surface area contributed by atoms with E-state index in [9.17, 15) is 20.1 Å². The average Bonchev–Trinajstić information content (AvgIpc) is 2.39. The van der Waals surface area contributed by atoms with Crippen LogP contribution in [0.4, 0.5) is 0 Å². The van der Waals surface area contributed by atoms with Gasteiger partial charge in [-0.15, -0.1) is 0 Å². The number of aromatic hydroxyl groups is 3. The fraction of sp³-hybridized carbons (Fsp3) is 0.188. The van der Waals surface area contributed by atoms with E-state index >= 15 is 0 Å². The Labute approximate surface area is 115 Å². The van der Waals surface area contributed by atoms with Crippen LogP contribution in [-0.2, 0) is 0 Å². The van der Waals surface area contributed by atoms with Crippen LogP contribution in [0.2, 0.25) is 0 Å². The highest BCUT2D eigenvalue weighted by Crippen LogP contribution is 2.37. The van der Waals surface area contributed by atoms with Gasteiger partial charge in [-0.3, -0.25) is 4.79 Å². The standard InChI is InChI=1S/C16H16O4/c1-6-7(2)15(19)12(10(5)17)13-11(6)14(18)8(3)9(4)16(13)20/h18-20H,1,3H2,2,4-5H3. The molecule has 0 saturated carbocycles. The summed E-state index contributed by atoms with van der Waals surface area (Å²) in [5, 5.41) is 31.7. The van der Waals surface area contributed by atoms with E-state index in [0.29, 0.717) is 16.3 Å². The molecular weight excluding hydrogens is 256 g/mol. The van der Waals surface area contributed by atoms with Gasteiger partial charge in [0, 0.05) is 21.6 Å². The summed E-state index contributed by atoms with van der Waals surface area (Å²) < 4.78 is 0. The largest absolute Gasteiger partial charge is 0.507 e. The van der Waals surface area contributed by atoms with Crippen molar-refractivity contribution >= 4 is 29.7 Å². The third kappa shape index (κ3) is 1.58. The van der Waals surface area contributed by atoms with E-state index in [2.05, 4.69) is 13.2 Å². The van der Waals surface area contributed by atoms with Crippen LogP contribution in [-0.4, -0.2) is 21.1 Å². The van der Waals surface area contributed by atoms with Gasteiger partial charge in [0.15, 0.2) is 5.78 Å². The minimum Gasteiger partial charge on any atom is -0.507 e. The van der Waals surface area contributed by atoms with Gasteiger partial charge in [-0.05, 0) is 31.6 Å². The highest BCUT2D eigenvalue weighted by Gasteiger charge is 2.22. The lowest BCUT2D eigenvalue weighted by Gasteiger charge is -2.15. The summed E-state index contributed by atoms with van der Waals surface area (Å²) in [7, 11) is 0. The fourth-order valence-corrected chi connectivity index (χ4v) is 2.41. The first-order valence-electron chi connectivity index (χ1n) is 6.08. The Balaban J connectivity index is 3.37. The Hall–Kier alpha value is -2.49. The van der Waals surface area contributed by atoms with Crippen molar-refractivity contribution in [1.82, 2.24) is 0 Å². The molecule has 0 amide bonds. The number of rotatable bonds is 1. The number of hydrogen-bond acceptors (Lipinski definition) is 4. The molecule has 3 N–H and O–H groups in total. The maximum Gasteiger partial charge on any atom is 0.164 e. The Kier molecular flexibility index (Phi) is 2.97. The minimum atomic E-state index is -0.401. The van der Waals surface area contributed by atoms with Crippen molar-refractivity contribution in [1.29, 1.82) is 0 Å². The van der Waals surface area contributed by atoms with Crippen molar-refractivity contribution in [3.8, 4) is 17.2 Å². The number of phenols is 3. The average molecular weight is 272 g/mol. The molecular formula is C16H16O4. The summed E-state index contributed by atoms with van der Waals surface area (Å²) >= 11 is 0. The van der Waals surface area contributed by atoms with Gasteiger partial charge >= 0.3 is 0 Å². The maximum atomic E-state index is 11.8. The molecule has 0 spiro atoms. The first-order chi connectivity index (χ1) is 9.20. The Morgan fingerprint density at radius 3 is 1.85 bits per heavy atom. The highest BCUT2D eigenvalue weighted by atomic mass is 16.3. The van der Waals surface area contributed by atoms with Gasteiger partial charge < -0.3 is 15.3 Å². The van der Waals surface area contributed by atoms with E-state index in [-0.39, 0.29) is 38.8 Å². The Bertz CT molecular complexity index is 863. The smallest absolute Gasteiger partial charge is 0.164 e. The van der Waals surface area contributed by atoms with Crippen molar-refractivity contribution < 1.29 is 20.1 Å². The lowest BCUT2D eigenvalue weighted by atomic mass is 9.92. The fourth-order valence-electron chi connectivity index (χ4n) is 2.41. The lowest BCUT2D eigenvalue weighted by molar-refractivity contribution is 0.101. The molecule has 0 radical (unpaired) electrons. The molecule has 2 aromatic rings. The number of phenolic OH excluding ortho intramolecular Hbond substituents is 3. The van der Waals surface area contributed by atoms with Gasteiger partial charge in [0.2, 0.25) is 0 Å². The molecule has 0 unspecified atom stereocenters. The van der Waals surface area contributed by atoms with Gasteiger partial charge in [-0.25, -0.2) is 0 Å². The van der Waals surface area contributed by atoms with Gasteiger partial charge in [0.05, 0.1) is 5.56 Å². The van der Waals surface area contributed by atoms with Crippen LogP contribution >= 0.6 is 0 Å². The zero-order valence-corrected chi connectivity index (χ0v) is 11.7. The topological polar surface area (TPSA) is 77.8 Å². The molecule has 104 valence electrons. The Morgan fingerprint density at radius 1 is 0.850 bits per heavy atom. The number of fused-ring (bicyclic) bond motifs is 1. The number of hydrogen-bond donors (Lipinski definition) is 3. The van der Waals surface area contributed by atoms with Crippen molar-refractivity contribution in [2.24, 2.45) is 0 Å². The molecule has 0 aliphatic rings. The summed E-state index contributed by atoms with van der Waals surface area (Å²) in [6.45, 7) is 12.0. The summed E-state index contributed by atoms with van der Waals surface area (Å²) in [5.41, 5.74) is 0.738. The number of benzene rings is 2. The van der Waals surface area contributed by atoms with E-state index in [1.54, 1.807) is 13.8 Å². The molecule has 2 aromatic carbocycles. The summed E-state index contributed by atoms with van der Waals surface area (Å²) in [5.74, 6) is -0.929. The normalized spacial score (nSPS) is 10.9. The highest BCUT2D eigenvalue weighted by molar-refractivity contribution is 6.13. The monoisotopic (exact) mass is 272 g/mol. The number of carbonyl (C=O) groups excluding carboxylic acids is 1. The molecule has 0 fully saturated rings. The lowest BCUT2D eigenvalue weighted by Crippen LogP contribution is -2.15. The molecule has 0 aliphatic heterocycles. The number of ketones is 1. The second-order valence-electron chi connectivity index (χ2n) is 4.93. The molecule has 20 heavy (non-hydrogen) atoms. The van der Waals surface area contributed by atoms with Crippen molar-refractivity contribution in [3.63, 3.8) is 0 Å². The van der Waals surface area contributed by atoms with E-state index in [4.69, 9.17) is 0 Å². The van der Waals surface area contributed by atoms with E-state index in [1.807, 2.05) is 0 Å². The minimum absolute atomic E-state index is 0.0131. The van der Waals surface area contributed by atoms with Gasteiger partial charge in [-0.1, -0.05) is 13.2 Å². The first kappa shape index (κ1) is 13.9. The van der Waals surface area contributed by atoms with Crippen LogP contribution in [0.5, 0.6) is 17.2 Å². The molecule has 4 nitrogen and oxygen atoms in total. The van der Waals surface area contributed by atoms with Crippen LogP contribution in [0, 0.1) is 13.8 Å². The van der Waals surface area contributed by atoms with Crippen molar-refractivity contribution in [2.75, 3.05) is 0 Å². The van der Waals surface area contributed by atoms with Crippen LogP contribution in [0.25, 0.3) is 23.9 Å². The van der Waals surface area contributed by atoms with Gasteiger partial charge in [-0.2, -0.15) is 0 Å². The van der Waals surface area contributed by atoms with E-state index in [0.717, 1.165) is 0 Å². The zero-order chi connectivity index (χ0) is 15.4. The van der Waals surface area contributed by atoms with Crippen LogP contribution in [0.15, 0.2) is 0 Å². The molecule has 0 aromatic heterocycles. The molecule has 0 heterocycles. The third-order valence-corrected chi connectivity index (χ3v) is 3.77. The van der Waals surface area contributed by atoms with E-state index < -0.39 is 5.78 Å². The SMILES string of the molecule is C=c1c(C)c(O)c2c(C(C)=O)c(O)c(C)c(=C)c2c1O. The van der Waals surface area contributed by atoms with Gasteiger partial charge in [0.1, 0.15) is 17.2 Å². The van der Waals surface area contributed by atoms with Crippen molar-refractivity contribution in [2.45, 2.75) is 20.8 Å². The predicted octanol–water partition coefficient (Wildman–Crippen LogP) is 1.60. The van der Waals surface area contributed by atoms with Crippen molar-refractivity contribution in [3.05, 3.63) is 27.1 Å². The quantitative estimate of drug-likeness (QED) is 0.544. The maximum absolute atomic E-state index is 11.8. The molecule has 4 heteroatoms. The molecule has 0 saturated heterocycles.